The van der Waals surface area contributed by atoms with Crippen molar-refractivity contribution < 1.29 is 9.53 Å². The third-order valence-electron chi connectivity index (χ3n) is 3.02. The Morgan fingerprint density at radius 3 is 2.88 bits per heavy atom. The van der Waals surface area contributed by atoms with E-state index in [2.05, 4.69) is 10.6 Å². The van der Waals surface area contributed by atoms with E-state index in [0.29, 0.717) is 5.56 Å². The van der Waals surface area contributed by atoms with Gasteiger partial charge in [0.2, 0.25) is 0 Å². The van der Waals surface area contributed by atoms with E-state index in [4.69, 9.17) is 4.74 Å². The Balaban J connectivity index is 2.49. The normalized spacial score (nSPS) is 11.2. The van der Waals surface area contributed by atoms with E-state index in [9.17, 15) is 4.79 Å². The Morgan fingerprint density at radius 1 is 1.35 bits per heavy atom. The number of benzene rings is 1. The highest BCUT2D eigenvalue weighted by molar-refractivity contribution is 7.17. The third kappa shape index (κ3) is 1.31. The SMILES string of the molecule is COC(=O)c1csc2c1c1ccccc1n2C. The Hall–Kier alpha value is -1.81. The van der Waals surface area contributed by atoms with Crippen LogP contribution in [0, 0.1) is 0 Å². The lowest BCUT2D eigenvalue weighted by molar-refractivity contribution is 0.0603. The maximum Gasteiger partial charge on any atom is 0.339 e. The van der Waals surface area contributed by atoms with Gasteiger partial charge in [0.15, 0.2) is 0 Å². The second-order valence-corrected chi connectivity index (χ2v) is 4.76. The Morgan fingerprint density at radius 2 is 2.12 bits per heavy atom. The van der Waals surface area contributed by atoms with Gasteiger partial charge in [-0.25, -0.2) is 4.79 Å². The molecule has 3 nitrogen and oxygen atoms in total. The van der Waals surface area contributed by atoms with Gasteiger partial charge in [0.1, 0.15) is 4.83 Å². The molecule has 0 aliphatic heterocycles. The van der Waals surface area contributed by atoms with Gasteiger partial charge < -0.3 is 9.30 Å². The lowest BCUT2D eigenvalue weighted by Gasteiger charge is -1.96. The zero-order valence-corrected chi connectivity index (χ0v) is 10.4. The zero-order valence-electron chi connectivity index (χ0n) is 9.56. The third-order valence-corrected chi connectivity index (χ3v) is 4.07. The summed E-state index contributed by atoms with van der Waals surface area (Å²) in [5.74, 6) is -0.271. The van der Waals surface area contributed by atoms with Crippen LogP contribution in [0.15, 0.2) is 29.6 Å². The minimum absolute atomic E-state index is 0.271. The number of para-hydroxylation sites is 1. The molecular formula is C13H11NO2S. The van der Waals surface area contributed by atoms with E-state index in [-0.39, 0.29) is 5.97 Å². The van der Waals surface area contributed by atoms with Crippen molar-refractivity contribution in [1.29, 1.82) is 0 Å². The molecule has 0 spiro atoms. The van der Waals surface area contributed by atoms with E-state index < -0.39 is 0 Å². The summed E-state index contributed by atoms with van der Waals surface area (Å²) in [6.45, 7) is 0. The Kier molecular flexibility index (Phi) is 2.19. The number of ether oxygens (including phenoxy) is 1. The molecule has 0 fully saturated rings. The van der Waals surface area contributed by atoms with E-state index in [1.807, 2.05) is 30.6 Å². The maximum atomic E-state index is 11.7. The molecule has 4 heteroatoms. The maximum absolute atomic E-state index is 11.7. The van der Waals surface area contributed by atoms with Crippen molar-refractivity contribution in [3.05, 3.63) is 35.2 Å². The highest BCUT2D eigenvalue weighted by Crippen LogP contribution is 2.35. The summed E-state index contributed by atoms with van der Waals surface area (Å²) in [7, 11) is 3.43. The number of aromatic nitrogens is 1. The molecule has 0 amide bonds. The number of carbonyl (C=O) groups excluding carboxylic acids is 1. The molecule has 0 aliphatic rings. The van der Waals surface area contributed by atoms with Gasteiger partial charge >= 0.3 is 5.97 Å². The molecule has 3 aromatic rings. The predicted molar refractivity (Wildman–Crippen MR) is 69.6 cm³/mol. The van der Waals surface area contributed by atoms with Crippen LogP contribution in [0.2, 0.25) is 0 Å². The van der Waals surface area contributed by atoms with Crippen molar-refractivity contribution in [3.63, 3.8) is 0 Å². The zero-order chi connectivity index (χ0) is 12.0. The number of nitrogens with zero attached hydrogens (tertiary/aromatic N) is 1. The van der Waals surface area contributed by atoms with Crippen molar-refractivity contribution in [2.75, 3.05) is 7.11 Å². The lowest BCUT2D eigenvalue weighted by atomic mass is 10.1. The molecular weight excluding hydrogens is 234 g/mol. The van der Waals surface area contributed by atoms with Crippen molar-refractivity contribution >= 4 is 38.4 Å². The van der Waals surface area contributed by atoms with Crippen molar-refractivity contribution in [1.82, 2.24) is 4.57 Å². The van der Waals surface area contributed by atoms with Crippen LogP contribution in [-0.2, 0) is 11.8 Å². The first-order valence-electron chi connectivity index (χ1n) is 5.27. The molecule has 1 aromatic carbocycles. The molecule has 17 heavy (non-hydrogen) atoms. The average molecular weight is 245 g/mol. The number of aryl methyl sites for hydroxylation is 1. The van der Waals surface area contributed by atoms with E-state index in [1.165, 1.54) is 7.11 Å². The molecule has 0 atom stereocenters. The molecule has 0 radical (unpaired) electrons. The molecule has 0 saturated heterocycles. The van der Waals surface area contributed by atoms with Crippen molar-refractivity contribution in [2.45, 2.75) is 0 Å². The van der Waals surface area contributed by atoms with E-state index >= 15 is 0 Å². The molecule has 0 bridgehead atoms. The number of hydrogen-bond acceptors (Lipinski definition) is 3. The quantitative estimate of drug-likeness (QED) is 0.616. The average Bonchev–Trinajstić information content (AvgIpc) is 2.90. The first-order valence-corrected chi connectivity index (χ1v) is 6.15. The fraction of sp³-hybridized carbons (Fsp3) is 0.154. The minimum Gasteiger partial charge on any atom is -0.465 e. The van der Waals surface area contributed by atoms with Gasteiger partial charge in [0.05, 0.1) is 12.7 Å². The molecule has 3 rings (SSSR count). The second-order valence-electron chi connectivity index (χ2n) is 3.90. The van der Waals surface area contributed by atoms with Crippen LogP contribution in [-0.4, -0.2) is 17.6 Å². The monoisotopic (exact) mass is 245 g/mol. The number of rotatable bonds is 1. The number of methoxy groups -OCH3 is 1. The highest BCUT2D eigenvalue weighted by Gasteiger charge is 2.18. The Bertz CT molecular complexity index is 724. The lowest BCUT2D eigenvalue weighted by Crippen LogP contribution is -1.98. The molecule has 2 aromatic heterocycles. The number of fused-ring (bicyclic) bond motifs is 3. The molecule has 0 aliphatic carbocycles. The topological polar surface area (TPSA) is 31.2 Å². The van der Waals surface area contributed by atoms with Crippen LogP contribution in [0.1, 0.15) is 10.4 Å². The van der Waals surface area contributed by atoms with Gasteiger partial charge in [-0.2, -0.15) is 0 Å². The van der Waals surface area contributed by atoms with Crippen molar-refractivity contribution in [3.8, 4) is 0 Å². The molecule has 2 heterocycles. The minimum atomic E-state index is -0.271. The summed E-state index contributed by atoms with van der Waals surface area (Å²) >= 11 is 1.57. The number of carbonyl (C=O) groups is 1. The van der Waals surface area contributed by atoms with Gasteiger partial charge in [0.25, 0.3) is 0 Å². The molecule has 0 unspecified atom stereocenters. The van der Waals surface area contributed by atoms with Gasteiger partial charge in [-0.3, -0.25) is 0 Å². The summed E-state index contributed by atoms with van der Waals surface area (Å²) in [5, 5.41) is 3.97. The van der Waals surface area contributed by atoms with Gasteiger partial charge in [-0.15, -0.1) is 11.3 Å². The van der Waals surface area contributed by atoms with E-state index in [0.717, 1.165) is 21.1 Å². The van der Waals surface area contributed by atoms with Crippen LogP contribution < -0.4 is 0 Å². The largest absolute Gasteiger partial charge is 0.465 e. The number of hydrogen-bond donors (Lipinski definition) is 0. The number of thiophene rings is 1. The first-order chi connectivity index (χ1) is 8.24. The molecule has 0 N–H and O–H groups in total. The second kappa shape index (κ2) is 3.60. The highest BCUT2D eigenvalue weighted by atomic mass is 32.1. The van der Waals surface area contributed by atoms with Gasteiger partial charge in [-0.1, -0.05) is 18.2 Å². The summed E-state index contributed by atoms with van der Waals surface area (Å²) in [4.78, 5) is 12.8. The van der Waals surface area contributed by atoms with Crippen LogP contribution in [0.3, 0.4) is 0 Å². The molecule has 86 valence electrons. The predicted octanol–water partition coefficient (Wildman–Crippen LogP) is 3.18. The summed E-state index contributed by atoms with van der Waals surface area (Å²) < 4.78 is 6.93. The summed E-state index contributed by atoms with van der Waals surface area (Å²) in [6, 6.07) is 8.09. The Labute approximate surface area is 102 Å². The fourth-order valence-corrected chi connectivity index (χ4v) is 3.24. The summed E-state index contributed by atoms with van der Waals surface area (Å²) in [6.07, 6.45) is 0. The standard InChI is InChI=1S/C13H11NO2S/c1-14-10-6-4-3-5-8(10)11-9(13(15)16-2)7-17-12(11)14/h3-7H,1-2H3. The smallest absolute Gasteiger partial charge is 0.339 e. The fourth-order valence-electron chi connectivity index (χ4n) is 2.20. The van der Waals surface area contributed by atoms with Crippen LogP contribution in [0.4, 0.5) is 0 Å². The van der Waals surface area contributed by atoms with Crippen LogP contribution >= 0.6 is 11.3 Å². The van der Waals surface area contributed by atoms with Gasteiger partial charge in [-0.05, 0) is 6.07 Å². The first kappa shape index (κ1) is 10.4. The number of esters is 1. The van der Waals surface area contributed by atoms with Crippen molar-refractivity contribution in [2.24, 2.45) is 7.05 Å². The summed E-state index contributed by atoms with van der Waals surface area (Å²) in [5.41, 5.74) is 1.80. The molecule has 0 saturated carbocycles. The van der Waals surface area contributed by atoms with Crippen LogP contribution in [0.25, 0.3) is 21.1 Å². The van der Waals surface area contributed by atoms with Crippen LogP contribution in [0.5, 0.6) is 0 Å². The van der Waals surface area contributed by atoms with Gasteiger partial charge in [0, 0.05) is 28.7 Å². The van der Waals surface area contributed by atoms with E-state index in [1.54, 1.807) is 11.3 Å².